The van der Waals surface area contributed by atoms with Crippen molar-refractivity contribution in [2.24, 2.45) is 10.8 Å². The third-order valence-corrected chi connectivity index (χ3v) is 6.84. The SMILES string of the molecule is O[C@@H]1CC23CCCCCCCCCCC2(C1)[C@H](O)CC3. The Bertz CT molecular complexity index is 329. The summed E-state index contributed by atoms with van der Waals surface area (Å²) in [7, 11) is 0. The van der Waals surface area contributed by atoms with E-state index in [0.717, 1.165) is 32.1 Å². The molecule has 0 aromatic heterocycles. The molecule has 20 heavy (non-hydrogen) atoms. The average Bonchev–Trinajstić information content (AvgIpc) is 2.82. The minimum atomic E-state index is -0.157. The van der Waals surface area contributed by atoms with Crippen LogP contribution in [0, 0.1) is 10.8 Å². The minimum Gasteiger partial charge on any atom is -0.393 e. The van der Waals surface area contributed by atoms with Crippen LogP contribution in [-0.4, -0.2) is 22.4 Å². The van der Waals surface area contributed by atoms with E-state index in [2.05, 4.69) is 0 Å². The van der Waals surface area contributed by atoms with Crippen LogP contribution in [0.25, 0.3) is 0 Å². The first-order valence-corrected chi connectivity index (χ1v) is 9.05. The van der Waals surface area contributed by atoms with E-state index in [0.29, 0.717) is 0 Å². The number of aliphatic hydroxyl groups excluding tert-OH is 2. The van der Waals surface area contributed by atoms with E-state index < -0.39 is 0 Å². The Hall–Kier alpha value is -0.0800. The highest BCUT2D eigenvalue weighted by Gasteiger charge is 2.63. The molecule has 0 spiro atoms. The molecule has 2 unspecified atom stereocenters. The lowest BCUT2D eigenvalue weighted by Gasteiger charge is -2.43. The van der Waals surface area contributed by atoms with Crippen molar-refractivity contribution in [1.82, 2.24) is 0 Å². The quantitative estimate of drug-likeness (QED) is 0.698. The predicted molar refractivity (Wildman–Crippen MR) is 81.5 cm³/mol. The first-order chi connectivity index (χ1) is 9.69. The molecule has 0 aliphatic heterocycles. The van der Waals surface area contributed by atoms with Crippen molar-refractivity contribution in [2.75, 3.05) is 0 Å². The van der Waals surface area contributed by atoms with Crippen molar-refractivity contribution in [2.45, 2.75) is 102 Å². The Kier molecular flexibility index (Phi) is 4.42. The van der Waals surface area contributed by atoms with Gasteiger partial charge in [0.2, 0.25) is 0 Å². The maximum absolute atomic E-state index is 10.7. The first-order valence-electron chi connectivity index (χ1n) is 9.05. The van der Waals surface area contributed by atoms with Crippen molar-refractivity contribution in [3.8, 4) is 0 Å². The number of hydrogen-bond acceptors (Lipinski definition) is 2. The fourth-order valence-corrected chi connectivity index (χ4v) is 5.87. The number of aliphatic hydroxyl groups is 2. The van der Waals surface area contributed by atoms with Crippen molar-refractivity contribution in [1.29, 1.82) is 0 Å². The Labute approximate surface area is 124 Å². The van der Waals surface area contributed by atoms with E-state index in [1.807, 2.05) is 0 Å². The largest absolute Gasteiger partial charge is 0.393 e. The summed E-state index contributed by atoms with van der Waals surface area (Å²) in [6.07, 6.45) is 16.8. The molecule has 2 heteroatoms. The van der Waals surface area contributed by atoms with Crippen LogP contribution in [0.15, 0.2) is 0 Å². The van der Waals surface area contributed by atoms with Gasteiger partial charge in [0, 0.05) is 5.41 Å². The second-order valence-corrected chi connectivity index (χ2v) is 7.88. The Morgan fingerprint density at radius 1 is 0.650 bits per heavy atom. The van der Waals surface area contributed by atoms with Crippen LogP contribution >= 0.6 is 0 Å². The van der Waals surface area contributed by atoms with Gasteiger partial charge in [-0.2, -0.15) is 0 Å². The molecule has 2 N–H and O–H groups in total. The van der Waals surface area contributed by atoms with Crippen LogP contribution in [0.2, 0.25) is 0 Å². The summed E-state index contributed by atoms with van der Waals surface area (Å²) in [6, 6.07) is 0. The average molecular weight is 280 g/mol. The Balaban J connectivity index is 1.81. The lowest BCUT2D eigenvalue weighted by Crippen LogP contribution is -2.40. The van der Waals surface area contributed by atoms with Crippen LogP contribution in [0.5, 0.6) is 0 Å². The van der Waals surface area contributed by atoms with E-state index in [4.69, 9.17) is 0 Å². The molecule has 2 nitrogen and oxygen atoms in total. The summed E-state index contributed by atoms with van der Waals surface area (Å²) in [4.78, 5) is 0. The normalized spacial score (nSPS) is 47.1. The van der Waals surface area contributed by atoms with Crippen LogP contribution in [-0.2, 0) is 0 Å². The van der Waals surface area contributed by atoms with E-state index in [-0.39, 0.29) is 23.0 Å². The molecular weight excluding hydrogens is 248 g/mol. The van der Waals surface area contributed by atoms with Gasteiger partial charge in [-0.15, -0.1) is 0 Å². The highest BCUT2D eigenvalue weighted by Crippen LogP contribution is 2.67. The molecule has 3 rings (SSSR count). The van der Waals surface area contributed by atoms with Crippen molar-refractivity contribution in [3.05, 3.63) is 0 Å². The van der Waals surface area contributed by atoms with Crippen molar-refractivity contribution in [3.63, 3.8) is 0 Å². The van der Waals surface area contributed by atoms with Crippen LogP contribution in [0.1, 0.15) is 89.9 Å². The fourth-order valence-electron chi connectivity index (χ4n) is 5.87. The molecule has 4 atom stereocenters. The van der Waals surface area contributed by atoms with Crippen LogP contribution in [0.3, 0.4) is 0 Å². The molecule has 0 aromatic carbocycles. The van der Waals surface area contributed by atoms with Gasteiger partial charge in [-0.3, -0.25) is 0 Å². The summed E-state index contributed by atoms with van der Waals surface area (Å²) >= 11 is 0. The zero-order valence-electron chi connectivity index (χ0n) is 12.9. The standard InChI is InChI=1S/C18H32O2/c19-15-13-17-10-7-5-3-1-2-4-6-8-11-18(17,14-15)16(20)9-12-17/h15-16,19-20H,1-14H2/t15-,16-,17?,18?/m1/s1. The third-order valence-electron chi connectivity index (χ3n) is 6.84. The topological polar surface area (TPSA) is 40.5 Å². The molecule has 3 aliphatic rings. The van der Waals surface area contributed by atoms with E-state index >= 15 is 0 Å². The highest BCUT2D eigenvalue weighted by atomic mass is 16.3. The monoisotopic (exact) mass is 280 g/mol. The zero-order chi connectivity index (χ0) is 14.1. The second kappa shape index (κ2) is 5.96. The maximum Gasteiger partial charge on any atom is 0.0602 e. The summed E-state index contributed by atoms with van der Waals surface area (Å²) < 4.78 is 0. The van der Waals surface area contributed by atoms with Gasteiger partial charge in [-0.25, -0.2) is 0 Å². The Morgan fingerprint density at radius 3 is 1.95 bits per heavy atom. The molecule has 0 amide bonds. The Morgan fingerprint density at radius 2 is 1.25 bits per heavy atom. The molecule has 0 saturated heterocycles. The maximum atomic E-state index is 10.7. The minimum absolute atomic E-state index is 0.0611. The van der Waals surface area contributed by atoms with Gasteiger partial charge in [0.1, 0.15) is 0 Å². The van der Waals surface area contributed by atoms with Gasteiger partial charge in [0.05, 0.1) is 12.2 Å². The predicted octanol–water partition coefficient (Wildman–Crippen LogP) is 4.18. The van der Waals surface area contributed by atoms with E-state index in [1.54, 1.807) is 0 Å². The van der Waals surface area contributed by atoms with Crippen LogP contribution < -0.4 is 0 Å². The smallest absolute Gasteiger partial charge is 0.0602 e. The molecule has 0 aromatic rings. The highest BCUT2D eigenvalue weighted by molar-refractivity contribution is 5.13. The molecule has 3 fully saturated rings. The van der Waals surface area contributed by atoms with Gasteiger partial charge in [0.15, 0.2) is 0 Å². The van der Waals surface area contributed by atoms with Gasteiger partial charge in [-0.05, 0) is 43.9 Å². The zero-order valence-corrected chi connectivity index (χ0v) is 12.9. The van der Waals surface area contributed by atoms with Gasteiger partial charge < -0.3 is 10.2 Å². The molecule has 3 saturated carbocycles. The molecule has 116 valence electrons. The van der Waals surface area contributed by atoms with Crippen molar-refractivity contribution >= 4 is 0 Å². The molecule has 0 bridgehead atoms. The number of hydrogen-bond donors (Lipinski definition) is 2. The molecule has 0 heterocycles. The summed E-state index contributed by atoms with van der Waals surface area (Å²) in [5, 5.41) is 21.0. The summed E-state index contributed by atoms with van der Waals surface area (Å²) in [5.41, 5.74) is 0.330. The van der Waals surface area contributed by atoms with E-state index in [9.17, 15) is 10.2 Å². The van der Waals surface area contributed by atoms with Gasteiger partial charge in [-0.1, -0.05) is 51.4 Å². The third kappa shape index (κ3) is 2.43. The lowest BCUT2D eigenvalue weighted by molar-refractivity contribution is -0.0213. The summed E-state index contributed by atoms with van der Waals surface area (Å²) in [6.45, 7) is 0. The molecule has 3 aliphatic carbocycles. The number of rotatable bonds is 0. The van der Waals surface area contributed by atoms with Gasteiger partial charge >= 0.3 is 0 Å². The second-order valence-electron chi connectivity index (χ2n) is 7.88. The first kappa shape index (κ1) is 14.8. The van der Waals surface area contributed by atoms with Crippen molar-refractivity contribution < 1.29 is 10.2 Å². The molecule has 0 radical (unpaired) electrons. The molecular formula is C18H32O2. The lowest BCUT2D eigenvalue weighted by atomic mass is 9.62. The van der Waals surface area contributed by atoms with Gasteiger partial charge in [0.25, 0.3) is 0 Å². The summed E-state index contributed by atoms with van der Waals surface area (Å²) in [5.74, 6) is 0. The fraction of sp³-hybridized carbons (Fsp3) is 1.00. The van der Waals surface area contributed by atoms with E-state index in [1.165, 1.54) is 57.8 Å². The van der Waals surface area contributed by atoms with Crippen LogP contribution in [0.4, 0.5) is 0 Å².